The van der Waals surface area contributed by atoms with Crippen molar-refractivity contribution in [3.8, 4) is 11.5 Å². The number of halogens is 1. The summed E-state index contributed by atoms with van der Waals surface area (Å²) < 4.78 is 11.4. The van der Waals surface area contributed by atoms with Crippen LogP contribution in [0.25, 0.3) is 22.4 Å². The highest BCUT2D eigenvalue weighted by Gasteiger charge is 2.18. The molecule has 3 heterocycles. The zero-order valence-electron chi connectivity index (χ0n) is 14.4. The summed E-state index contributed by atoms with van der Waals surface area (Å²) in [6.07, 6.45) is 0.182. The molecule has 1 atom stereocenters. The van der Waals surface area contributed by atoms with Crippen LogP contribution in [0.5, 0.6) is 0 Å². The van der Waals surface area contributed by atoms with Gasteiger partial charge in [0.05, 0.1) is 19.3 Å². The SMILES string of the molecule is CC1CN(C(N)=NCc2nc(-c3cc4ccccc4o3)cs2)CCO1.I. The molecule has 4 rings (SSSR count). The molecule has 0 amide bonds. The van der Waals surface area contributed by atoms with Crippen LogP contribution in [0.2, 0.25) is 0 Å². The monoisotopic (exact) mass is 484 g/mol. The summed E-state index contributed by atoms with van der Waals surface area (Å²) in [5.41, 5.74) is 7.82. The van der Waals surface area contributed by atoms with Crippen molar-refractivity contribution in [1.29, 1.82) is 0 Å². The first-order chi connectivity index (χ1) is 12.2. The quantitative estimate of drug-likeness (QED) is 0.349. The van der Waals surface area contributed by atoms with E-state index in [-0.39, 0.29) is 30.1 Å². The Kier molecular flexibility index (Phi) is 6.15. The number of hydrogen-bond acceptors (Lipinski definition) is 5. The van der Waals surface area contributed by atoms with Gasteiger partial charge in [0.2, 0.25) is 0 Å². The molecule has 138 valence electrons. The minimum atomic E-state index is 0. The van der Waals surface area contributed by atoms with E-state index in [4.69, 9.17) is 14.9 Å². The second-order valence-corrected chi connectivity index (χ2v) is 7.02. The third-order valence-electron chi connectivity index (χ3n) is 4.17. The number of thiazole rings is 1. The van der Waals surface area contributed by atoms with Crippen LogP contribution in [-0.4, -0.2) is 41.6 Å². The predicted molar refractivity (Wildman–Crippen MR) is 115 cm³/mol. The Morgan fingerprint density at radius 3 is 3.08 bits per heavy atom. The van der Waals surface area contributed by atoms with E-state index in [1.165, 1.54) is 0 Å². The molecule has 1 saturated heterocycles. The highest BCUT2D eigenvalue weighted by atomic mass is 127. The van der Waals surface area contributed by atoms with Gasteiger partial charge in [-0.15, -0.1) is 35.3 Å². The molecule has 3 aromatic rings. The Bertz CT molecular complexity index is 874. The minimum absolute atomic E-state index is 0. The molecular weight excluding hydrogens is 463 g/mol. The molecule has 0 bridgehead atoms. The maximum atomic E-state index is 6.11. The zero-order chi connectivity index (χ0) is 17.2. The standard InChI is InChI=1S/C18H20N4O2S.HI/c1-12-10-22(6-7-23-12)18(19)20-9-17-21-14(11-25-17)16-8-13-4-2-3-5-15(13)24-16;/h2-5,8,11-12H,6-7,9-10H2,1H3,(H2,19,20);1H. The summed E-state index contributed by atoms with van der Waals surface area (Å²) in [4.78, 5) is 11.2. The number of nitrogens with two attached hydrogens (primary N) is 1. The molecular formula is C18H21IN4O2S. The number of aliphatic imine (C=N–C) groups is 1. The van der Waals surface area contributed by atoms with E-state index < -0.39 is 0 Å². The zero-order valence-corrected chi connectivity index (χ0v) is 17.6. The van der Waals surface area contributed by atoms with Crippen LogP contribution in [0.1, 0.15) is 11.9 Å². The number of fused-ring (bicyclic) bond motifs is 1. The third kappa shape index (κ3) is 4.18. The van der Waals surface area contributed by atoms with Crippen LogP contribution in [0, 0.1) is 0 Å². The smallest absolute Gasteiger partial charge is 0.191 e. The number of furan rings is 1. The number of rotatable bonds is 3. The third-order valence-corrected chi connectivity index (χ3v) is 5.00. The number of hydrogen-bond donors (Lipinski definition) is 1. The van der Waals surface area contributed by atoms with Gasteiger partial charge in [0.1, 0.15) is 16.3 Å². The van der Waals surface area contributed by atoms with Crippen molar-refractivity contribution < 1.29 is 9.15 Å². The highest BCUT2D eigenvalue weighted by Crippen LogP contribution is 2.28. The average Bonchev–Trinajstić information content (AvgIpc) is 3.26. The molecule has 1 unspecified atom stereocenters. The lowest BCUT2D eigenvalue weighted by molar-refractivity contribution is 0.00529. The Labute approximate surface area is 173 Å². The van der Waals surface area contributed by atoms with Crippen LogP contribution in [0.3, 0.4) is 0 Å². The van der Waals surface area contributed by atoms with E-state index in [1.807, 2.05) is 42.6 Å². The normalized spacial score (nSPS) is 18.1. The van der Waals surface area contributed by atoms with Gasteiger partial charge in [-0.2, -0.15) is 0 Å². The second-order valence-electron chi connectivity index (χ2n) is 6.08. The van der Waals surface area contributed by atoms with Gasteiger partial charge in [0, 0.05) is 23.9 Å². The van der Waals surface area contributed by atoms with Crippen LogP contribution < -0.4 is 5.73 Å². The lowest BCUT2D eigenvalue weighted by Crippen LogP contribution is -2.47. The number of guanidine groups is 1. The molecule has 2 aromatic heterocycles. The number of morpholine rings is 1. The summed E-state index contributed by atoms with van der Waals surface area (Å²) in [5, 5.41) is 3.99. The molecule has 6 nitrogen and oxygen atoms in total. The molecule has 1 aromatic carbocycles. The van der Waals surface area contributed by atoms with Gasteiger partial charge in [-0.05, 0) is 19.1 Å². The molecule has 0 radical (unpaired) electrons. The van der Waals surface area contributed by atoms with Gasteiger partial charge in [-0.1, -0.05) is 18.2 Å². The van der Waals surface area contributed by atoms with Gasteiger partial charge < -0.3 is 19.8 Å². The fourth-order valence-electron chi connectivity index (χ4n) is 2.88. The molecule has 8 heteroatoms. The lowest BCUT2D eigenvalue weighted by Gasteiger charge is -2.31. The predicted octanol–water partition coefficient (Wildman–Crippen LogP) is 3.71. The molecule has 1 fully saturated rings. The summed E-state index contributed by atoms with van der Waals surface area (Å²) in [7, 11) is 0. The Balaban J connectivity index is 0.00000196. The largest absolute Gasteiger partial charge is 0.454 e. The minimum Gasteiger partial charge on any atom is -0.454 e. The van der Waals surface area contributed by atoms with Gasteiger partial charge in [0.15, 0.2) is 11.7 Å². The first kappa shape index (κ1) is 19.1. The van der Waals surface area contributed by atoms with Crippen LogP contribution in [0.15, 0.2) is 45.1 Å². The maximum absolute atomic E-state index is 6.11. The Hall–Kier alpha value is -1.65. The van der Waals surface area contributed by atoms with Crippen molar-refractivity contribution in [1.82, 2.24) is 9.88 Å². The number of nitrogens with zero attached hydrogens (tertiary/aromatic N) is 3. The number of para-hydroxylation sites is 1. The molecule has 1 aliphatic heterocycles. The van der Waals surface area contributed by atoms with E-state index in [1.54, 1.807) is 11.3 Å². The van der Waals surface area contributed by atoms with Gasteiger partial charge >= 0.3 is 0 Å². The number of ether oxygens (including phenoxy) is 1. The fraction of sp³-hybridized carbons (Fsp3) is 0.333. The van der Waals surface area contributed by atoms with E-state index in [0.717, 1.165) is 40.5 Å². The van der Waals surface area contributed by atoms with Crippen LogP contribution in [0.4, 0.5) is 0 Å². The molecule has 0 spiro atoms. The Morgan fingerprint density at radius 1 is 1.42 bits per heavy atom. The molecule has 2 N–H and O–H groups in total. The molecule has 26 heavy (non-hydrogen) atoms. The second kappa shape index (κ2) is 8.36. The molecule has 1 aliphatic rings. The van der Waals surface area contributed by atoms with Crippen molar-refractivity contribution in [2.24, 2.45) is 10.7 Å². The van der Waals surface area contributed by atoms with Crippen molar-refractivity contribution in [2.45, 2.75) is 19.6 Å². The van der Waals surface area contributed by atoms with E-state index in [9.17, 15) is 0 Å². The van der Waals surface area contributed by atoms with E-state index >= 15 is 0 Å². The lowest BCUT2D eigenvalue weighted by atomic mass is 10.2. The Morgan fingerprint density at radius 2 is 2.27 bits per heavy atom. The van der Waals surface area contributed by atoms with Crippen molar-refractivity contribution in [3.63, 3.8) is 0 Å². The van der Waals surface area contributed by atoms with Crippen LogP contribution >= 0.6 is 35.3 Å². The van der Waals surface area contributed by atoms with Crippen molar-refractivity contribution in [2.75, 3.05) is 19.7 Å². The average molecular weight is 484 g/mol. The highest BCUT2D eigenvalue weighted by molar-refractivity contribution is 14.0. The van der Waals surface area contributed by atoms with Gasteiger partial charge in [-0.25, -0.2) is 9.98 Å². The summed E-state index contributed by atoms with van der Waals surface area (Å²) in [5.74, 6) is 1.33. The van der Waals surface area contributed by atoms with Crippen molar-refractivity contribution >= 4 is 52.2 Å². The van der Waals surface area contributed by atoms with E-state index in [0.29, 0.717) is 19.1 Å². The summed E-state index contributed by atoms with van der Waals surface area (Å²) in [6.45, 7) is 4.76. The van der Waals surface area contributed by atoms with Crippen molar-refractivity contribution in [3.05, 3.63) is 40.7 Å². The first-order valence-electron chi connectivity index (χ1n) is 8.29. The molecule has 0 saturated carbocycles. The first-order valence-corrected chi connectivity index (χ1v) is 9.17. The summed E-state index contributed by atoms with van der Waals surface area (Å²) >= 11 is 1.57. The fourth-order valence-corrected chi connectivity index (χ4v) is 3.59. The van der Waals surface area contributed by atoms with E-state index in [2.05, 4.69) is 14.9 Å². The topological polar surface area (TPSA) is 76.9 Å². The number of aromatic nitrogens is 1. The maximum Gasteiger partial charge on any atom is 0.191 e. The summed E-state index contributed by atoms with van der Waals surface area (Å²) in [6, 6.07) is 9.97. The number of benzene rings is 1. The molecule has 0 aliphatic carbocycles. The van der Waals surface area contributed by atoms with Crippen LogP contribution in [-0.2, 0) is 11.3 Å². The van der Waals surface area contributed by atoms with Gasteiger partial charge in [0.25, 0.3) is 0 Å². The van der Waals surface area contributed by atoms with Gasteiger partial charge in [-0.3, -0.25) is 0 Å².